The molecule has 7 nitrogen and oxygen atoms in total. The second-order valence-corrected chi connectivity index (χ2v) is 12.5. The Morgan fingerprint density at radius 3 is 1.90 bits per heavy atom. The maximum atomic E-state index is 14.7. The van der Waals surface area contributed by atoms with E-state index in [1.165, 1.54) is 50.2 Å². The van der Waals surface area contributed by atoms with Crippen molar-refractivity contribution in [2.24, 2.45) is 5.92 Å². The van der Waals surface area contributed by atoms with Crippen molar-refractivity contribution in [1.29, 1.82) is 5.26 Å². The monoisotopic (exact) mass is 589 g/mol. The van der Waals surface area contributed by atoms with Crippen molar-refractivity contribution in [3.63, 3.8) is 0 Å². The molecule has 2 aromatic rings. The molecule has 0 aliphatic carbocycles. The average molecular weight is 590 g/mol. The van der Waals surface area contributed by atoms with Crippen LogP contribution in [0.25, 0.3) is 11.1 Å². The average Bonchev–Trinajstić information content (AvgIpc) is 2.82. The minimum atomic E-state index is -5.93. The molecule has 0 aliphatic heterocycles. The first-order chi connectivity index (χ1) is 18.3. The number of aliphatic hydroxyl groups is 1. The van der Waals surface area contributed by atoms with Gasteiger partial charge < -0.3 is 10.4 Å². The zero-order valence-electron chi connectivity index (χ0n) is 22.4. The van der Waals surface area contributed by atoms with Gasteiger partial charge in [-0.1, -0.05) is 50.2 Å². The second-order valence-electron chi connectivity index (χ2n) is 10.5. The van der Waals surface area contributed by atoms with Crippen LogP contribution in [0.5, 0.6) is 0 Å². The number of benzene rings is 2. The highest BCUT2D eigenvalue weighted by molar-refractivity contribution is 7.91. The summed E-state index contributed by atoms with van der Waals surface area (Å²) in [4.78, 5) is 12.4. The topological polar surface area (TPSA) is 119 Å². The summed E-state index contributed by atoms with van der Waals surface area (Å²) in [5.74, 6) is -6.89. The van der Waals surface area contributed by atoms with Crippen LogP contribution in [0, 0.1) is 17.2 Å². The summed E-state index contributed by atoms with van der Waals surface area (Å²) in [5, 5.41) is 22.9. The van der Waals surface area contributed by atoms with Gasteiger partial charge >= 0.3 is 12.1 Å². The molecule has 0 saturated carbocycles. The smallest absolute Gasteiger partial charge is 0.389 e. The molecular weight excluding hydrogens is 557 g/mol. The predicted molar refractivity (Wildman–Crippen MR) is 139 cm³/mol. The largest absolute Gasteiger partial charge is 0.455 e. The highest BCUT2D eigenvalue weighted by Crippen LogP contribution is 2.45. The minimum absolute atomic E-state index is 0.0463. The first-order valence-corrected chi connectivity index (χ1v) is 13.9. The predicted octanol–water partition coefficient (Wildman–Crippen LogP) is 4.78. The maximum Gasteiger partial charge on any atom is 0.455 e. The number of nitrogens with one attached hydrogen (secondary N) is 2. The lowest BCUT2D eigenvalue weighted by molar-refractivity contribution is -0.295. The zero-order valence-corrected chi connectivity index (χ0v) is 23.2. The van der Waals surface area contributed by atoms with E-state index in [1.54, 1.807) is 19.9 Å². The van der Waals surface area contributed by atoms with Gasteiger partial charge in [-0.2, -0.15) is 27.2 Å². The van der Waals surface area contributed by atoms with Crippen LogP contribution in [0.3, 0.4) is 0 Å². The number of carbonyl (C=O) groups is 1. The molecule has 220 valence electrons. The van der Waals surface area contributed by atoms with Gasteiger partial charge in [-0.05, 0) is 55.0 Å². The van der Waals surface area contributed by atoms with Gasteiger partial charge in [0.25, 0.3) is 0 Å². The van der Waals surface area contributed by atoms with Crippen molar-refractivity contribution in [3.05, 3.63) is 54.1 Å². The number of halogens is 5. The van der Waals surface area contributed by atoms with Crippen LogP contribution >= 0.6 is 0 Å². The standard InChI is InChI=1S/C27H32F5N3O4S/c1-17(2)15-22(24(36)34-14-13-33)35-23(26(28,29)27(30,31)32)20-7-5-18(6-8-20)19-9-11-21(12-10-19)40(38,39)16-25(3,4)37/h5-12,17,22-23,35,37H,14-16H2,1-4H3,(H,34,36)/t22-,23-/m0/s1. The Morgan fingerprint density at radius 2 is 1.48 bits per heavy atom. The summed E-state index contributed by atoms with van der Waals surface area (Å²) >= 11 is 0. The number of sulfone groups is 1. The van der Waals surface area contributed by atoms with E-state index >= 15 is 0 Å². The summed E-state index contributed by atoms with van der Waals surface area (Å²) < 4.78 is 94.8. The van der Waals surface area contributed by atoms with E-state index in [2.05, 4.69) is 10.6 Å². The molecule has 40 heavy (non-hydrogen) atoms. The SMILES string of the molecule is CC(C)C[C@H](N[C@@H](c1ccc(-c2ccc(S(=O)(=O)CC(C)(C)O)cc2)cc1)C(F)(F)C(F)(F)F)C(=O)NCC#N. The highest BCUT2D eigenvalue weighted by atomic mass is 32.2. The third-order valence-corrected chi connectivity index (χ3v) is 7.88. The van der Waals surface area contributed by atoms with E-state index in [0.717, 1.165) is 12.1 Å². The molecule has 2 rings (SSSR count). The Balaban J connectivity index is 2.43. The van der Waals surface area contributed by atoms with Crippen molar-refractivity contribution in [2.75, 3.05) is 12.3 Å². The molecule has 3 N–H and O–H groups in total. The van der Waals surface area contributed by atoms with E-state index in [4.69, 9.17) is 5.26 Å². The summed E-state index contributed by atoms with van der Waals surface area (Å²) in [6.07, 6.45) is -6.00. The number of alkyl halides is 5. The fourth-order valence-electron chi connectivity index (χ4n) is 4.02. The van der Waals surface area contributed by atoms with Gasteiger partial charge in [0.15, 0.2) is 9.84 Å². The van der Waals surface area contributed by atoms with E-state index in [1.807, 2.05) is 0 Å². The van der Waals surface area contributed by atoms with Crippen molar-refractivity contribution in [2.45, 2.75) is 68.8 Å². The molecule has 0 bridgehead atoms. The van der Waals surface area contributed by atoms with Gasteiger partial charge in [-0.15, -0.1) is 0 Å². The Hall–Kier alpha value is -3.08. The van der Waals surface area contributed by atoms with Crippen LogP contribution in [0.1, 0.15) is 45.7 Å². The normalized spacial score (nSPS) is 14.4. The van der Waals surface area contributed by atoms with E-state index in [9.17, 15) is 40.3 Å². The van der Waals surface area contributed by atoms with Crippen LogP contribution in [0.4, 0.5) is 22.0 Å². The van der Waals surface area contributed by atoms with E-state index < -0.39 is 63.4 Å². The molecule has 2 atom stereocenters. The lowest BCUT2D eigenvalue weighted by Gasteiger charge is -2.33. The quantitative estimate of drug-likeness (QED) is 0.242. The van der Waals surface area contributed by atoms with Crippen LogP contribution in [-0.2, 0) is 14.6 Å². The first kappa shape index (κ1) is 33.1. The number of hydrogen-bond acceptors (Lipinski definition) is 6. The van der Waals surface area contributed by atoms with E-state index in [0.29, 0.717) is 11.1 Å². The summed E-state index contributed by atoms with van der Waals surface area (Å²) in [6, 6.07) is 7.88. The van der Waals surface area contributed by atoms with Crippen LogP contribution in [-0.4, -0.2) is 55.5 Å². The van der Waals surface area contributed by atoms with Gasteiger partial charge in [-0.3, -0.25) is 10.1 Å². The van der Waals surface area contributed by atoms with Crippen LogP contribution in [0.15, 0.2) is 53.4 Å². The number of carbonyl (C=O) groups excluding carboxylic acids is 1. The molecule has 0 fully saturated rings. The minimum Gasteiger partial charge on any atom is -0.389 e. The van der Waals surface area contributed by atoms with Crippen LogP contribution < -0.4 is 10.6 Å². The summed E-state index contributed by atoms with van der Waals surface area (Å²) in [5.41, 5.74) is -1.01. The van der Waals surface area contributed by atoms with Gasteiger partial charge in [0.05, 0.1) is 28.4 Å². The fraction of sp³-hybridized carbons (Fsp3) is 0.481. The molecule has 1 amide bonds. The molecule has 0 aliphatic rings. The van der Waals surface area contributed by atoms with Gasteiger partial charge in [0.1, 0.15) is 12.6 Å². The third-order valence-electron chi connectivity index (χ3n) is 5.81. The lowest BCUT2D eigenvalue weighted by atomic mass is 9.94. The van der Waals surface area contributed by atoms with Crippen molar-refractivity contribution < 1.29 is 40.3 Å². The second kappa shape index (κ2) is 12.6. The number of rotatable bonds is 12. The van der Waals surface area contributed by atoms with Gasteiger partial charge in [-0.25, -0.2) is 8.42 Å². The van der Waals surface area contributed by atoms with Gasteiger partial charge in [0, 0.05) is 0 Å². The van der Waals surface area contributed by atoms with Crippen LogP contribution in [0.2, 0.25) is 0 Å². The van der Waals surface area contributed by atoms with Crippen molar-refractivity contribution >= 4 is 15.7 Å². The Labute approximate surface area is 230 Å². The number of nitriles is 1. The number of amides is 1. The van der Waals surface area contributed by atoms with E-state index in [-0.39, 0.29) is 17.2 Å². The molecule has 0 aromatic heterocycles. The molecule has 0 saturated heterocycles. The Morgan fingerprint density at radius 1 is 0.975 bits per heavy atom. The molecule has 2 aromatic carbocycles. The third kappa shape index (κ3) is 8.71. The van der Waals surface area contributed by atoms with Gasteiger partial charge in [0.2, 0.25) is 5.91 Å². The lowest BCUT2D eigenvalue weighted by Crippen LogP contribution is -2.54. The van der Waals surface area contributed by atoms with Crippen molar-refractivity contribution in [3.8, 4) is 17.2 Å². The molecule has 0 unspecified atom stereocenters. The number of nitrogens with zero attached hydrogens (tertiary/aromatic N) is 1. The zero-order chi connectivity index (χ0) is 30.5. The summed E-state index contributed by atoms with van der Waals surface area (Å²) in [6.45, 7) is 5.60. The molecule has 0 spiro atoms. The Bertz CT molecular complexity index is 1300. The maximum absolute atomic E-state index is 14.7. The molecule has 13 heteroatoms. The molecular formula is C27H32F5N3O4S. The highest BCUT2D eigenvalue weighted by Gasteiger charge is 2.63. The molecule has 0 radical (unpaired) electrons. The molecule has 0 heterocycles. The summed E-state index contributed by atoms with van der Waals surface area (Å²) in [7, 11) is -3.80. The fourth-order valence-corrected chi connectivity index (χ4v) is 5.67. The first-order valence-electron chi connectivity index (χ1n) is 12.3. The Kier molecular flexibility index (Phi) is 10.4. The number of hydrogen-bond donors (Lipinski definition) is 3. The van der Waals surface area contributed by atoms with Crippen molar-refractivity contribution in [1.82, 2.24) is 10.6 Å².